The summed E-state index contributed by atoms with van der Waals surface area (Å²) in [6.07, 6.45) is 7.71. The van der Waals surface area contributed by atoms with Gasteiger partial charge < -0.3 is 15.0 Å². The van der Waals surface area contributed by atoms with E-state index in [0.29, 0.717) is 12.0 Å². The highest BCUT2D eigenvalue weighted by atomic mass is 16.5. The normalized spacial score (nSPS) is 18.2. The Morgan fingerprint density at radius 2 is 1.88 bits per heavy atom. The Balaban J connectivity index is 1.42. The lowest BCUT2D eigenvalue weighted by molar-refractivity contribution is 0.0904. The molecule has 7 heteroatoms. The SMILES string of the molecule is CC(C)CN1CCN(c2nc(-c3ccnc(NC4CCOCC4)c3)cc3cnccc23)CC1. The number of anilines is 2. The quantitative estimate of drug-likeness (QED) is 0.612. The Labute approximate surface area is 196 Å². The van der Waals surface area contributed by atoms with Gasteiger partial charge >= 0.3 is 0 Å². The fraction of sp³-hybridized carbons (Fsp3) is 0.500. The Kier molecular flexibility index (Phi) is 6.69. The third-order valence-corrected chi connectivity index (χ3v) is 6.54. The number of aromatic nitrogens is 3. The summed E-state index contributed by atoms with van der Waals surface area (Å²) in [6, 6.07) is 8.81. The highest BCUT2D eigenvalue weighted by Crippen LogP contribution is 2.31. The van der Waals surface area contributed by atoms with Gasteiger partial charge in [-0.3, -0.25) is 9.88 Å². The average Bonchev–Trinajstić information content (AvgIpc) is 2.84. The van der Waals surface area contributed by atoms with E-state index in [0.717, 1.165) is 87.1 Å². The molecule has 0 saturated carbocycles. The Morgan fingerprint density at radius 1 is 1.06 bits per heavy atom. The first-order chi connectivity index (χ1) is 16.2. The van der Waals surface area contributed by atoms with Crippen LogP contribution < -0.4 is 10.2 Å². The van der Waals surface area contributed by atoms with Crippen molar-refractivity contribution in [1.82, 2.24) is 19.9 Å². The van der Waals surface area contributed by atoms with Gasteiger partial charge in [0, 0.05) is 86.9 Å². The molecule has 2 aliphatic heterocycles. The molecule has 3 aromatic rings. The van der Waals surface area contributed by atoms with Gasteiger partial charge in [0.05, 0.1) is 5.69 Å². The van der Waals surface area contributed by atoms with Gasteiger partial charge in [0.2, 0.25) is 0 Å². The van der Waals surface area contributed by atoms with Crippen molar-refractivity contribution < 1.29 is 4.74 Å². The first kappa shape index (κ1) is 22.0. The maximum Gasteiger partial charge on any atom is 0.137 e. The average molecular weight is 447 g/mol. The number of nitrogens with zero attached hydrogens (tertiary/aromatic N) is 5. The van der Waals surface area contributed by atoms with Crippen molar-refractivity contribution in [2.75, 3.05) is 56.2 Å². The predicted molar refractivity (Wildman–Crippen MR) is 134 cm³/mol. The molecule has 2 saturated heterocycles. The van der Waals surface area contributed by atoms with Gasteiger partial charge in [-0.15, -0.1) is 0 Å². The van der Waals surface area contributed by atoms with Gasteiger partial charge in [-0.05, 0) is 43.0 Å². The summed E-state index contributed by atoms with van der Waals surface area (Å²) in [7, 11) is 0. The van der Waals surface area contributed by atoms with Crippen LogP contribution in [0.4, 0.5) is 11.6 Å². The van der Waals surface area contributed by atoms with Crippen molar-refractivity contribution in [3.63, 3.8) is 0 Å². The van der Waals surface area contributed by atoms with Crippen LogP contribution in [0, 0.1) is 5.92 Å². The number of piperazine rings is 1. The number of ether oxygens (including phenoxy) is 1. The van der Waals surface area contributed by atoms with E-state index in [2.05, 4.69) is 57.1 Å². The molecular formula is C26H34N6O. The van der Waals surface area contributed by atoms with E-state index < -0.39 is 0 Å². The Hall–Kier alpha value is -2.77. The molecular weight excluding hydrogens is 412 g/mol. The van der Waals surface area contributed by atoms with E-state index in [1.807, 2.05) is 24.7 Å². The number of hydrogen-bond acceptors (Lipinski definition) is 7. The lowest BCUT2D eigenvalue weighted by Crippen LogP contribution is -2.47. The van der Waals surface area contributed by atoms with Gasteiger partial charge in [-0.1, -0.05) is 13.8 Å². The van der Waals surface area contributed by atoms with Crippen LogP contribution >= 0.6 is 0 Å². The minimum Gasteiger partial charge on any atom is -0.381 e. The molecule has 0 bridgehead atoms. The molecule has 5 heterocycles. The summed E-state index contributed by atoms with van der Waals surface area (Å²) in [4.78, 5) is 19.1. The molecule has 3 aromatic heterocycles. The van der Waals surface area contributed by atoms with Crippen molar-refractivity contribution >= 4 is 22.4 Å². The van der Waals surface area contributed by atoms with Crippen LogP contribution in [0.2, 0.25) is 0 Å². The van der Waals surface area contributed by atoms with E-state index in [1.165, 1.54) is 5.39 Å². The summed E-state index contributed by atoms with van der Waals surface area (Å²) in [5.41, 5.74) is 2.04. The highest BCUT2D eigenvalue weighted by molar-refractivity contribution is 5.94. The summed E-state index contributed by atoms with van der Waals surface area (Å²) in [5, 5.41) is 5.87. The second-order valence-electron chi connectivity index (χ2n) is 9.57. The summed E-state index contributed by atoms with van der Waals surface area (Å²) >= 11 is 0. The molecule has 0 atom stereocenters. The van der Waals surface area contributed by atoms with Crippen LogP contribution in [-0.2, 0) is 4.74 Å². The molecule has 7 nitrogen and oxygen atoms in total. The zero-order valence-corrected chi connectivity index (χ0v) is 19.7. The lowest BCUT2D eigenvalue weighted by Gasteiger charge is -2.36. The Morgan fingerprint density at radius 3 is 2.67 bits per heavy atom. The fourth-order valence-electron chi connectivity index (χ4n) is 4.85. The van der Waals surface area contributed by atoms with Crippen LogP contribution in [-0.4, -0.2) is 71.8 Å². The maximum absolute atomic E-state index is 5.48. The molecule has 0 radical (unpaired) electrons. The highest BCUT2D eigenvalue weighted by Gasteiger charge is 2.21. The molecule has 0 amide bonds. The van der Waals surface area contributed by atoms with E-state index >= 15 is 0 Å². The van der Waals surface area contributed by atoms with Gasteiger partial charge in [-0.25, -0.2) is 9.97 Å². The van der Waals surface area contributed by atoms with Gasteiger partial charge in [-0.2, -0.15) is 0 Å². The third-order valence-electron chi connectivity index (χ3n) is 6.54. The zero-order chi connectivity index (χ0) is 22.6. The van der Waals surface area contributed by atoms with Crippen molar-refractivity contribution in [2.45, 2.75) is 32.7 Å². The maximum atomic E-state index is 5.48. The minimum atomic E-state index is 0.410. The standard InChI is InChI=1S/C26H34N6O/c1-19(2)18-31-9-11-32(12-10-31)26-23-4-7-27-17-21(23)15-24(30-26)20-3-8-28-25(16-20)29-22-5-13-33-14-6-22/h3-4,7-8,15-17,19,22H,5-6,9-14,18H2,1-2H3,(H,28,29). The predicted octanol–water partition coefficient (Wildman–Crippen LogP) is 4.06. The largest absolute Gasteiger partial charge is 0.381 e. The van der Waals surface area contributed by atoms with E-state index in [4.69, 9.17) is 9.72 Å². The van der Waals surface area contributed by atoms with Crippen LogP contribution in [0.25, 0.3) is 22.0 Å². The molecule has 2 fully saturated rings. The van der Waals surface area contributed by atoms with Crippen molar-refractivity contribution in [2.24, 2.45) is 5.92 Å². The zero-order valence-electron chi connectivity index (χ0n) is 19.7. The fourth-order valence-corrected chi connectivity index (χ4v) is 4.85. The van der Waals surface area contributed by atoms with Gasteiger partial charge in [0.15, 0.2) is 0 Å². The molecule has 33 heavy (non-hydrogen) atoms. The van der Waals surface area contributed by atoms with Crippen LogP contribution in [0.5, 0.6) is 0 Å². The second-order valence-corrected chi connectivity index (χ2v) is 9.57. The molecule has 5 rings (SSSR count). The van der Waals surface area contributed by atoms with E-state index in [-0.39, 0.29) is 0 Å². The number of pyridine rings is 3. The first-order valence-electron chi connectivity index (χ1n) is 12.2. The van der Waals surface area contributed by atoms with Gasteiger partial charge in [0.1, 0.15) is 11.6 Å². The Bertz CT molecular complexity index is 1070. The van der Waals surface area contributed by atoms with Crippen LogP contribution in [0.15, 0.2) is 42.9 Å². The molecule has 0 spiro atoms. The third kappa shape index (κ3) is 5.25. The molecule has 1 N–H and O–H groups in total. The summed E-state index contributed by atoms with van der Waals surface area (Å²) in [5.74, 6) is 2.65. The number of fused-ring (bicyclic) bond motifs is 1. The monoisotopic (exact) mass is 446 g/mol. The molecule has 0 aliphatic carbocycles. The van der Waals surface area contributed by atoms with Crippen molar-refractivity contribution in [1.29, 1.82) is 0 Å². The topological polar surface area (TPSA) is 66.4 Å². The van der Waals surface area contributed by atoms with E-state index in [1.54, 1.807) is 0 Å². The summed E-state index contributed by atoms with van der Waals surface area (Å²) < 4.78 is 5.48. The first-order valence-corrected chi connectivity index (χ1v) is 12.2. The van der Waals surface area contributed by atoms with Gasteiger partial charge in [0.25, 0.3) is 0 Å². The molecule has 2 aliphatic rings. The minimum absolute atomic E-state index is 0.410. The van der Waals surface area contributed by atoms with Crippen LogP contribution in [0.3, 0.4) is 0 Å². The van der Waals surface area contributed by atoms with Crippen molar-refractivity contribution in [3.05, 3.63) is 42.9 Å². The second kappa shape index (κ2) is 10.0. The number of rotatable bonds is 6. The van der Waals surface area contributed by atoms with Crippen LogP contribution in [0.1, 0.15) is 26.7 Å². The number of nitrogens with one attached hydrogen (secondary N) is 1. The summed E-state index contributed by atoms with van der Waals surface area (Å²) in [6.45, 7) is 11.5. The van der Waals surface area contributed by atoms with E-state index in [9.17, 15) is 0 Å². The molecule has 0 unspecified atom stereocenters. The van der Waals surface area contributed by atoms with Crippen molar-refractivity contribution in [3.8, 4) is 11.3 Å². The number of hydrogen-bond donors (Lipinski definition) is 1. The molecule has 0 aromatic carbocycles. The molecule has 174 valence electrons. The lowest BCUT2D eigenvalue weighted by atomic mass is 10.1. The smallest absolute Gasteiger partial charge is 0.137 e.